The van der Waals surface area contributed by atoms with Crippen molar-refractivity contribution in [2.75, 3.05) is 0 Å². The lowest BCUT2D eigenvalue weighted by molar-refractivity contribution is -0.140. The van der Waals surface area contributed by atoms with Crippen molar-refractivity contribution in [1.29, 1.82) is 0 Å². The molecule has 0 aliphatic carbocycles. The van der Waals surface area contributed by atoms with E-state index in [1.807, 2.05) is 60.7 Å². The van der Waals surface area contributed by atoms with Crippen molar-refractivity contribution < 1.29 is 9.53 Å². The molecule has 2 heterocycles. The molecule has 1 N–H and O–H groups in total. The predicted octanol–water partition coefficient (Wildman–Crippen LogP) is 2.85. The van der Waals surface area contributed by atoms with Crippen LogP contribution in [0.5, 0.6) is 5.75 Å². The maximum atomic E-state index is 11.9. The van der Waals surface area contributed by atoms with Crippen molar-refractivity contribution in [3.63, 3.8) is 0 Å². The Morgan fingerprint density at radius 1 is 0.955 bits per heavy atom. The zero-order chi connectivity index (χ0) is 14.9. The summed E-state index contributed by atoms with van der Waals surface area (Å²) in [5, 5.41) is 5.04. The van der Waals surface area contributed by atoms with Gasteiger partial charge in [0.15, 0.2) is 0 Å². The number of nitrogens with one attached hydrogen (secondary N) is 1. The standard InChI is InChI=1S/C18H14N2O2/c21-18-17(22-13-7-2-1-3-8-13)16(20-18)15-14-9-5-4-6-12(14)10-11-19-15/h1-11,16-17H,(H,20,21)/t16-,17+/m1/s1. The Bertz CT molecular complexity index is 827. The molecule has 0 radical (unpaired) electrons. The van der Waals surface area contributed by atoms with Gasteiger partial charge in [0.05, 0.1) is 5.69 Å². The first-order valence-electron chi connectivity index (χ1n) is 7.19. The molecular formula is C18H14N2O2. The summed E-state index contributed by atoms with van der Waals surface area (Å²) in [6, 6.07) is 19.1. The minimum absolute atomic E-state index is 0.108. The molecule has 3 aromatic rings. The van der Waals surface area contributed by atoms with Crippen LogP contribution in [0, 0.1) is 0 Å². The number of β-lactam (4-membered cyclic amide) rings is 1. The number of ether oxygens (including phenoxy) is 1. The van der Waals surface area contributed by atoms with Crippen LogP contribution in [0.25, 0.3) is 10.8 Å². The number of carbonyl (C=O) groups excluding carboxylic acids is 1. The summed E-state index contributed by atoms with van der Waals surface area (Å²) in [6.45, 7) is 0. The van der Waals surface area contributed by atoms with E-state index >= 15 is 0 Å². The number of amides is 1. The first kappa shape index (κ1) is 12.8. The molecule has 22 heavy (non-hydrogen) atoms. The molecule has 1 aliphatic heterocycles. The largest absolute Gasteiger partial charge is 0.478 e. The first-order valence-corrected chi connectivity index (χ1v) is 7.19. The highest BCUT2D eigenvalue weighted by molar-refractivity contribution is 5.92. The van der Waals surface area contributed by atoms with E-state index in [0.717, 1.165) is 16.5 Å². The van der Waals surface area contributed by atoms with Gasteiger partial charge in [-0.1, -0.05) is 42.5 Å². The normalized spacial score (nSPS) is 20.3. The van der Waals surface area contributed by atoms with Gasteiger partial charge in [-0.2, -0.15) is 0 Å². The van der Waals surface area contributed by atoms with Crippen LogP contribution in [0.4, 0.5) is 0 Å². The Hall–Kier alpha value is -2.88. The molecule has 0 saturated carbocycles. The molecule has 2 aromatic carbocycles. The Morgan fingerprint density at radius 3 is 2.55 bits per heavy atom. The van der Waals surface area contributed by atoms with Crippen molar-refractivity contribution in [2.45, 2.75) is 12.1 Å². The maximum absolute atomic E-state index is 11.9. The number of aromatic nitrogens is 1. The van der Waals surface area contributed by atoms with Gasteiger partial charge in [-0.05, 0) is 23.6 Å². The minimum Gasteiger partial charge on any atom is -0.478 e. The fourth-order valence-electron chi connectivity index (χ4n) is 2.74. The van der Waals surface area contributed by atoms with Crippen LogP contribution in [-0.4, -0.2) is 17.0 Å². The third-order valence-corrected chi connectivity index (χ3v) is 3.86. The van der Waals surface area contributed by atoms with E-state index in [-0.39, 0.29) is 11.9 Å². The number of fused-ring (bicyclic) bond motifs is 1. The fourth-order valence-corrected chi connectivity index (χ4v) is 2.74. The second-order valence-corrected chi connectivity index (χ2v) is 5.26. The molecule has 1 fully saturated rings. The van der Waals surface area contributed by atoms with E-state index in [0.29, 0.717) is 5.75 Å². The average Bonchev–Trinajstić information content (AvgIpc) is 2.58. The second-order valence-electron chi connectivity index (χ2n) is 5.26. The van der Waals surface area contributed by atoms with Crippen LogP contribution in [0.15, 0.2) is 66.9 Å². The molecule has 108 valence electrons. The number of hydrogen-bond donors (Lipinski definition) is 1. The molecule has 0 bridgehead atoms. The summed E-state index contributed by atoms with van der Waals surface area (Å²) in [6.07, 6.45) is 1.22. The number of pyridine rings is 1. The van der Waals surface area contributed by atoms with E-state index in [2.05, 4.69) is 10.3 Å². The third kappa shape index (κ3) is 2.09. The van der Waals surface area contributed by atoms with E-state index in [4.69, 9.17) is 4.74 Å². The average molecular weight is 290 g/mol. The summed E-state index contributed by atoms with van der Waals surface area (Å²) in [4.78, 5) is 16.4. The summed E-state index contributed by atoms with van der Waals surface area (Å²) in [7, 11) is 0. The summed E-state index contributed by atoms with van der Waals surface area (Å²) < 4.78 is 5.83. The minimum atomic E-state index is -0.541. The molecule has 0 spiro atoms. The Labute approximate surface area is 127 Å². The SMILES string of the molecule is O=C1N[C@H](c2nccc3ccccc23)[C@@H]1Oc1ccccc1. The Morgan fingerprint density at radius 2 is 1.73 bits per heavy atom. The highest BCUT2D eigenvalue weighted by atomic mass is 16.5. The van der Waals surface area contributed by atoms with Crippen LogP contribution in [0.1, 0.15) is 11.7 Å². The molecule has 1 aliphatic rings. The Balaban J connectivity index is 1.68. The van der Waals surface area contributed by atoms with Gasteiger partial charge in [-0.3, -0.25) is 9.78 Å². The smallest absolute Gasteiger partial charge is 0.264 e. The number of carbonyl (C=O) groups is 1. The molecule has 1 amide bonds. The number of para-hydroxylation sites is 1. The number of benzene rings is 2. The van der Waals surface area contributed by atoms with E-state index in [1.165, 1.54) is 0 Å². The zero-order valence-corrected chi connectivity index (χ0v) is 11.8. The van der Waals surface area contributed by atoms with Crippen molar-refractivity contribution >= 4 is 16.7 Å². The lowest BCUT2D eigenvalue weighted by Gasteiger charge is -2.36. The lowest BCUT2D eigenvalue weighted by atomic mass is 9.94. The quantitative estimate of drug-likeness (QED) is 0.755. The highest BCUT2D eigenvalue weighted by Gasteiger charge is 2.44. The lowest BCUT2D eigenvalue weighted by Crippen LogP contribution is -2.59. The van der Waals surface area contributed by atoms with Gasteiger partial charge in [0, 0.05) is 11.6 Å². The molecule has 4 nitrogen and oxygen atoms in total. The second kappa shape index (κ2) is 5.15. The van der Waals surface area contributed by atoms with Gasteiger partial charge in [-0.25, -0.2) is 0 Å². The molecule has 0 unspecified atom stereocenters. The van der Waals surface area contributed by atoms with Gasteiger partial charge in [-0.15, -0.1) is 0 Å². The van der Waals surface area contributed by atoms with Crippen LogP contribution >= 0.6 is 0 Å². The topological polar surface area (TPSA) is 51.2 Å². The van der Waals surface area contributed by atoms with Crippen LogP contribution in [0.2, 0.25) is 0 Å². The first-order chi connectivity index (χ1) is 10.8. The number of hydrogen-bond acceptors (Lipinski definition) is 3. The third-order valence-electron chi connectivity index (χ3n) is 3.86. The van der Waals surface area contributed by atoms with Crippen molar-refractivity contribution in [3.8, 4) is 5.75 Å². The van der Waals surface area contributed by atoms with Crippen molar-refractivity contribution in [2.24, 2.45) is 0 Å². The van der Waals surface area contributed by atoms with Gasteiger partial charge in [0.2, 0.25) is 6.10 Å². The van der Waals surface area contributed by atoms with E-state index < -0.39 is 6.10 Å². The molecule has 4 heteroatoms. The van der Waals surface area contributed by atoms with Crippen molar-refractivity contribution in [1.82, 2.24) is 10.3 Å². The van der Waals surface area contributed by atoms with Crippen molar-refractivity contribution in [3.05, 3.63) is 72.6 Å². The van der Waals surface area contributed by atoms with Gasteiger partial charge < -0.3 is 10.1 Å². The van der Waals surface area contributed by atoms with Gasteiger partial charge in [0.25, 0.3) is 5.91 Å². The van der Waals surface area contributed by atoms with Crippen LogP contribution in [-0.2, 0) is 4.79 Å². The van der Waals surface area contributed by atoms with E-state index in [9.17, 15) is 4.79 Å². The van der Waals surface area contributed by atoms with E-state index in [1.54, 1.807) is 6.20 Å². The predicted molar refractivity (Wildman–Crippen MR) is 83.5 cm³/mol. The molecule has 1 aromatic heterocycles. The zero-order valence-electron chi connectivity index (χ0n) is 11.8. The van der Waals surface area contributed by atoms with Crippen LogP contribution < -0.4 is 10.1 Å². The van der Waals surface area contributed by atoms with Gasteiger partial charge in [0.1, 0.15) is 11.8 Å². The maximum Gasteiger partial charge on any atom is 0.264 e. The monoisotopic (exact) mass is 290 g/mol. The molecule has 1 saturated heterocycles. The summed E-state index contributed by atoms with van der Waals surface area (Å²) in [5.74, 6) is 0.580. The fraction of sp³-hybridized carbons (Fsp3) is 0.111. The van der Waals surface area contributed by atoms with Gasteiger partial charge >= 0.3 is 0 Å². The Kier molecular flexibility index (Phi) is 3.00. The summed E-state index contributed by atoms with van der Waals surface area (Å²) >= 11 is 0. The molecule has 2 atom stereocenters. The highest BCUT2D eigenvalue weighted by Crippen LogP contribution is 2.31. The summed E-state index contributed by atoms with van der Waals surface area (Å²) in [5.41, 5.74) is 0.846. The van der Waals surface area contributed by atoms with Crippen LogP contribution in [0.3, 0.4) is 0 Å². The molecular weight excluding hydrogens is 276 g/mol. The number of rotatable bonds is 3. The molecule has 4 rings (SSSR count). The number of nitrogens with zero attached hydrogens (tertiary/aromatic N) is 1.